The molecule has 0 saturated heterocycles. The maximum Gasteiger partial charge on any atom is 0.340 e. The molecular formula is C12H18N2O2. The summed E-state index contributed by atoms with van der Waals surface area (Å²) in [5.74, 6) is -0.382. The maximum atomic E-state index is 11.6. The number of hydrogen-bond donors (Lipinski definition) is 2. The highest BCUT2D eigenvalue weighted by molar-refractivity contribution is 5.98. The van der Waals surface area contributed by atoms with Crippen molar-refractivity contribution in [3.05, 3.63) is 23.8 Å². The van der Waals surface area contributed by atoms with Crippen molar-refractivity contribution in [1.82, 2.24) is 0 Å². The van der Waals surface area contributed by atoms with Crippen LogP contribution < -0.4 is 11.1 Å². The smallest absolute Gasteiger partial charge is 0.340 e. The van der Waals surface area contributed by atoms with E-state index in [9.17, 15) is 4.79 Å². The molecular weight excluding hydrogens is 204 g/mol. The number of nitrogen functional groups attached to an aromatic ring is 1. The lowest BCUT2D eigenvalue weighted by Gasteiger charge is -2.14. The third-order valence-corrected chi connectivity index (χ3v) is 2.05. The first-order chi connectivity index (χ1) is 7.56. The van der Waals surface area contributed by atoms with Gasteiger partial charge in [-0.2, -0.15) is 0 Å². The summed E-state index contributed by atoms with van der Waals surface area (Å²) in [5.41, 5.74) is 7.51. The van der Waals surface area contributed by atoms with Crippen molar-refractivity contribution in [1.29, 1.82) is 0 Å². The molecule has 0 heterocycles. The average Bonchev–Trinajstić information content (AvgIpc) is 2.21. The number of benzene rings is 1. The van der Waals surface area contributed by atoms with Gasteiger partial charge in [-0.25, -0.2) is 4.79 Å². The molecule has 1 aromatic rings. The van der Waals surface area contributed by atoms with Crippen LogP contribution in [0.2, 0.25) is 0 Å². The van der Waals surface area contributed by atoms with Crippen LogP contribution in [-0.4, -0.2) is 18.6 Å². The van der Waals surface area contributed by atoms with Crippen LogP contribution in [-0.2, 0) is 4.74 Å². The van der Waals surface area contributed by atoms with E-state index < -0.39 is 0 Å². The summed E-state index contributed by atoms with van der Waals surface area (Å²) in [6.07, 6.45) is 0. The van der Waals surface area contributed by atoms with Crippen molar-refractivity contribution in [2.75, 3.05) is 17.7 Å². The Morgan fingerprint density at radius 3 is 2.75 bits per heavy atom. The molecule has 4 nitrogen and oxygen atoms in total. The van der Waals surface area contributed by atoms with E-state index in [0.29, 0.717) is 17.9 Å². The lowest BCUT2D eigenvalue weighted by Crippen LogP contribution is -2.14. The molecule has 0 aromatic heterocycles. The fourth-order valence-electron chi connectivity index (χ4n) is 1.39. The quantitative estimate of drug-likeness (QED) is 0.606. The predicted octanol–water partition coefficient (Wildman–Crippen LogP) is 2.27. The zero-order valence-electron chi connectivity index (χ0n) is 9.91. The summed E-state index contributed by atoms with van der Waals surface area (Å²) >= 11 is 0. The van der Waals surface area contributed by atoms with Crippen molar-refractivity contribution in [2.24, 2.45) is 0 Å². The summed E-state index contributed by atoms with van der Waals surface area (Å²) in [6.45, 7) is 6.14. The van der Waals surface area contributed by atoms with Crippen LogP contribution in [0.1, 0.15) is 31.1 Å². The summed E-state index contributed by atoms with van der Waals surface area (Å²) in [4.78, 5) is 11.6. The molecule has 0 atom stereocenters. The van der Waals surface area contributed by atoms with Gasteiger partial charge in [0, 0.05) is 6.04 Å². The lowest BCUT2D eigenvalue weighted by molar-refractivity contribution is 0.0527. The number of para-hydroxylation sites is 1. The first kappa shape index (κ1) is 12.4. The lowest BCUT2D eigenvalue weighted by atomic mass is 10.1. The van der Waals surface area contributed by atoms with Gasteiger partial charge in [-0.3, -0.25) is 0 Å². The number of nitrogens with one attached hydrogen (secondary N) is 1. The Balaban J connectivity index is 2.99. The van der Waals surface area contributed by atoms with E-state index >= 15 is 0 Å². The summed E-state index contributed by atoms with van der Waals surface area (Å²) < 4.78 is 4.92. The minimum Gasteiger partial charge on any atom is -0.462 e. The van der Waals surface area contributed by atoms with Crippen molar-refractivity contribution in [2.45, 2.75) is 26.8 Å². The number of carbonyl (C=O) groups excluding carboxylic acids is 1. The molecule has 0 radical (unpaired) electrons. The van der Waals surface area contributed by atoms with Gasteiger partial charge in [0.25, 0.3) is 0 Å². The molecule has 1 aromatic carbocycles. The standard InChI is InChI=1S/C12H18N2O2/c1-4-16-12(15)9-6-5-7-10(11(9)13)14-8(2)3/h5-8,14H,4,13H2,1-3H3. The minimum absolute atomic E-state index is 0.264. The highest BCUT2D eigenvalue weighted by Crippen LogP contribution is 2.24. The highest BCUT2D eigenvalue weighted by atomic mass is 16.5. The Kier molecular flexibility index (Phi) is 4.17. The highest BCUT2D eigenvalue weighted by Gasteiger charge is 2.13. The molecule has 88 valence electrons. The van der Waals surface area contributed by atoms with Crippen LogP contribution in [0.25, 0.3) is 0 Å². The molecule has 0 spiro atoms. The van der Waals surface area contributed by atoms with Crippen LogP contribution >= 0.6 is 0 Å². The van der Waals surface area contributed by atoms with Crippen LogP contribution in [0, 0.1) is 0 Å². The molecule has 0 aliphatic rings. The zero-order chi connectivity index (χ0) is 12.1. The SMILES string of the molecule is CCOC(=O)c1cccc(NC(C)C)c1N. The molecule has 0 amide bonds. The van der Waals surface area contributed by atoms with E-state index in [1.165, 1.54) is 0 Å². The van der Waals surface area contributed by atoms with Gasteiger partial charge in [0.05, 0.1) is 23.5 Å². The van der Waals surface area contributed by atoms with Crippen molar-refractivity contribution in [3.63, 3.8) is 0 Å². The molecule has 0 saturated carbocycles. The Morgan fingerprint density at radius 1 is 1.50 bits per heavy atom. The third kappa shape index (κ3) is 2.89. The average molecular weight is 222 g/mol. The van der Waals surface area contributed by atoms with E-state index in [0.717, 1.165) is 5.69 Å². The minimum atomic E-state index is -0.382. The number of esters is 1. The predicted molar refractivity (Wildman–Crippen MR) is 65.6 cm³/mol. The molecule has 0 aliphatic heterocycles. The maximum absolute atomic E-state index is 11.6. The van der Waals surface area contributed by atoms with Gasteiger partial charge in [-0.1, -0.05) is 6.07 Å². The van der Waals surface area contributed by atoms with Gasteiger partial charge in [0.15, 0.2) is 0 Å². The summed E-state index contributed by atoms with van der Waals surface area (Å²) in [7, 11) is 0. The van der Waals surface area contributed by atoms with E-state index in [1.54, 1.807) is 19.1 Å². The second-order valence-electron chi connectivity index (χ2n) is 3.79. The van der Waals surface area contributed by atoms with Crippen LogP contribution in [0.4, 0.5) is 11.4 Å². The van der Waals surface area contributed by atoms with Crippen LogP contribution in [0.5, 0.6) is 0 Å². The van der Waals surface area contributed by atoms with Crippen molar-refractivity contribution >= 4 is 17.3 Å². The zero-order valence-corrected chi connectivity index (χ0v) is 9.91. The van der Waals surface area contributed by atoms with Gasteiger partial charge < -0.3 is 15.8 Å². The fraction of sp³-hybridized carbons (Fsp3) is 0.417. The number of nitrogens with two attached hydrogens (primary N) is 1. The Hall–Kier alpha value is -1.71. The Bertz CT molecular complexity index is 375. The first-order valence-electron chi connectivity index (χ1n) is 5.38. The molecule has 0 aliphatic carbocycles. The van der Waals surface area contributed by atoms with Crippen LogP contribution in [0.15, 0.2) is 18.2 Å². The topological polar surface area (TPSA) is 64.3 Å². The number of rotatable bonds is 4. The molecule has 0 unspecified atom stereocenters. The molecule has 3 N–H and O–H groups in total. The van der Waals surface area contributed by atoms with E-state index in [1.807, 2.05) is 19.9 Å². The first-order valence-corrected chi connectivity index (χ1v) is 5.38. The number of hydrogen-bond acceptors (Lipinski definition) is 4. The van der Waals surface area contributed by atoms with Crippen molar-refractivity contribution < 1.29 is 9.53 Å². The fourth-order valence-corrected chi connectivity index (χ4v) is 1.39. The number of ether oxygens (including phenoxy) is 1. The van der Waals surface area contributed by atoms with Crippen molar-refractivity contribution in [3.8, 4) is 0 Å². The third-order valence-electron chi connectivity index (χ3n) is 2.05. The van der Waals surface area contributed by atoms with Gasteiger partial charge in [-0.15, -0.1) is 0 Å². The second kappa shape index (κ2) is 5.39. The Morgan fingerprint density at radius 2 is 2.19 bits per heavy atom. The Labute approximate surface area is 95.8 Å². The van der Waals surface area contributed by atoms with E-state index in [-0.39, 0.29) is 12.0 Å². The molecule has 1 rings (SSSR count). The molecule has 0 bridgehead atoms. The summed E-state index contributed by atoms with van der Waals surface area (Å²) in [5, 5.41) is 3.18. The van der Waals surface area contributed by atoms with Gasteiger partial charge in [0.1, 0.15) is 0 Å². The molecule has 4 heteroatoms. The number of anilines is 2. The van der Waals surface area contributed by atoms with Crippen LogP contribution in [0.3, 0.4) is 0 Å². The van der Waals surface area contributed by atoms with Gasteiger partial charge in [-0.05, 0) is 32.9 Å². The molecule has 0 fully saturated rings. The number of carbonyl (C=O) groups is 1. The van der Waals surface area contributed by atoms with Gasteiger partial charge >= 0.3 is 5.97 Å². The van der Waals surface area contributed by atoms with Gasteiger partial charge in [0.2, 0.25) is 0 Å². The molecule has 16 heavy (non-hydrogen) atoms. The monoisotopic (exact) mass is 222 g/mol. The normalized spacial score (nSPS) is 10.2. The second-order valence-corrected chi connectivity index (χ2v) is 3.79. The summed E-state index contributed by atoms with van der Waals surface area (Å²) in [6, 6.07) is 5.56. The van der Waals surface area contributed by atoms with E-state index in [2.05, 4.69) is 5.32 Å². The van der Waals surface area contributed by atoms with E-state index in [4.69, 9.17) is 10.5 Å². The largest absolute Gasteiger partial charge is 0.462 e.